The summed E-state index contributed by atoms with van der Waals surface area (Å²) in [5, 5.41) is 0. The molecule has 0 saturated carbocycles. The number of nitrogens with zero attached hydrogens (tertiary/aromatic N) is 5. The number of amides is 1. The minimum Gasteiger partial charge on any atom is -0.481 e. The largest absolute Gasteiger partial charge is 0.481 e. The minimum atomic E-state index is -0.0343. The van der Waals surface area contributed by atoms with Gasteiger partial charge in [0.2, 0.25) is 11.8 Å². The van der Waals surface area contributed by atoms with Crippen molar-refractivity contribution in [2.75, 3.05) is 38.2 Å². The number of carbonyl (C=O) groups is 1. The standard InChI is InChI=1S/C16H19N5O2/c1-12-11-14(23-2)19-16(18-12)21-9-7-20(8-10-21)15(22)13-5-3-4-6-17-13/h3-6,11H,7-10H2,1-2H3. The fourth-order valence-electron chi connectivity index (χ4n) is 2.53. The molecule has 0 atom stereocenters. The molecule has 7 heteroatoms. The molecule has 1 saturated heterocycles. The molecule has 0 spiro atoms. The summed E-state index contributed by atoms with van der Waals surface area (Å²) < 4.78 is 5.19. The molecule has 1 aliphatic heterocycles. The van der Waals surface area contributed by atoms with E-state index in [1.54, 1.807) is 31.5 Å². The van der Waals surface area contributed by atoms with Crippen LogP contribution in [0.5, 0.6) is 5.88 Å². The zero-order chi connectivity index (χ0) is 16.2. The average Bonchev–Trinajstić information content (AvgIpc) is 2.61. The van der Waals surface area contributed by atoms with E-state index in [1.807, 2.05) is 17.9 Å². The number of ether oxygens (including phenoxy) is 1. The first-order valence-corrected chi connectivity index (χ1v) is 7.52. The Hall–Kier alpha value is -2.70. The normalized spacial score (nSPS) is 14.7. The van der Waals surface area contributed by atoms with E-state index >= 15 is 0 Å². The molecule has 0 aromatic carbocycles. The first-order valence-electron chi connectivity index (χ1n) is 7.52. The van der Waals surface area contributed by atoms with Crippen LogP contribution in [0, 0.1) is 6.92 Å². The van der Waals surface area contributed by atoms with Crippen molar-refractivity contribution in [1.82, 2.24) is 19.9 Å². The van der Waals surface area contributed by atoms with Gasteiger partial charge in [-0.3, -0.25) is 9.78 Å². The molecule has 0 N–H and O–H groups in total. The van der Waals surface area contributed by atoms with Crippen LogP contribution in [0.1, 0.15) is 16.2 Å². The van der Waals surface area contributed by atoms with E-state index in [2.05, 4.69) is 19.9 Å². The van der Waals surface area contributed by atoms with Crippen LogP contribution in [-0.4, -0.2) is 59.0 Å². The summed E-state index contributed by atoms with van der Waals surface area (Å²) in [6, 6.07) is 7.16. The number of aromatic nitrogens is 3. The summed E-state index contributed by atoms with van der Waals surface area (Å²) in [6.07, 6.45) is 1.64. The van der Waals surface area contributed by atoms with Gasteiger partial charge in [0.1, 0.15) is 5.69 Å². The summed E-state index contributed by atoms with van der Waals surface area (Å²) in [6.45, 7) is 4.52. The molecule has 3 heterocycles. The topological polar surface area (TPSA) is 71.5 Å². The first kappa shape index (κ1) is 15.2. The van der Waals surface area contributed by atoms with E-state index in [0.717, 1.165) is 5.69 Å². The van der Waals surface area contributed by atoms with Crippen LogP contribution in [0.4, 0.5) is 5.95 Å². The van der Waals surface area contributed by atoms with Gasteiger partial charge in [0, 0.05) is 44.1 Å². The third-order valence-electron chi connectivity index (χ3n) is 3.76. The Morgan fingerprint density at radius 3 is 2.61 bits per heavy atom. The Kier molecular flexibility index (Phi) is 4.36. The number of carbonyl (C=O) groups excluding carboxylic acids is 1. The zero-order valence-corrected chi connectivity index (χ0v) is 13.3. The first-order chi connectivity index (χ1) is 11.2. The lowest BCUT2D eigenvalue weighted by molar-refractivity contribution is 0.0740. The highest BCUT2D eigenvalue weighted by Crippen LogP contribution is 2.17. The monoisotopic (exact) mass is 313 g/mol. The lowest BCUT2D eigenvalue weighted by Crippen LogP contribution is -2.49. The molecular weight excluding hydrogens is 294 g/mol. The maximum atomic E-state index is 12.4. The van der Waals surface area contributed by atoms with Gasteiger partial charge in [-0.05, 0) is 19.1 Å². The van der Waals surface area contributed by atoms with Gasteiger partial charge in [0.25, 0.3) is 5.91 Å². The second-order valence-electron chi connectivity index (χ2n) is 5.35. The molecule has 0 aliphatic carbocycles. The highest BCUT2D eigenvalue weighted by Gasteiger charge is 2.24. The summed E-state index contributed by atoms with van der Waals surface area (Å²) in [7, 11) is 1.59. The van der Waals surface area contributed by atoms with Crippen molar-refractivity contribution in [1.29, 1.82) is 0 Å². The Bertz CT molecular complexity index is 684. The Morgan fingerprint density at radius 1 is 1.17 bits per heavy atom. The van der Waals surface area contributed by atoms with Crippen molar-refractivity contribution in [3.63, 3.8) is 0 Å². The predicted octanol–water partition coefficient (Wildman–Crippen LogP) is 1.15. The SMILES string of the molecule is COc1cc(C)nc(N2CCN(C(=O)c3ccccn3)CC2)n1. The van der Waals surface area contributed by atoms with Crippen molar-refractivity contribution in [3.05, 3.63) is 41.9 Å². The Labute approximate surface area is 134 Å². The number of aryl methyl sites for hydroxylation is 1. The molecule has 1 aliphatic rings. The molecule has 0 unspecified atom stereocenters. The van der Waals surface area contributed by atoms with Crippen LogP contribution < -0.4 is 9.64 Å². The molecular formula is C16H19N5O2. The van der Waals surface area contributed by atoms with Gasteiger partial charge in [-0.2, -0.15) is 4.98 Å². The van der Waals surface area contributed by atoms with Gasteiger partial charge in [0.15, 0.2) is 0 Å². The van der Waals surface area contributed by atoms with Crippen LogP contribution in [0.2, 0.25) is 0 Å². The van der Waals surface area contributed by atoms with Crippen molar-refractivity contribution < 1.29 is 9.53 Å². The van der Waals surface area contributed by atoms with Crippen LogP contribution in [0.3, 0.4) is 0 Å². The number of methoxy groups -OCH3 is 1. The van der Waals surface area contributed by atoms with E-state index in [4.69, 9.17) is 4.74 Å². The van der Waals surface area contributed by atoms with Gasteiger partial charge in [-0.25, -0.2) is 4.98 Å². The van der Waals surface area contributed by atoms with Gasteiger partial charge in [-0.1, -0.05) is 6.07 Å². The van der Waals surface area contributed by atoms with E-state index in [9.17, 15) is 4.79 Å². The number of hydrogen-bond acceptors (Lipinski definition) is 6. The van der Waals surface area contributed by atoms with Crippen LogP contribution >= 0.6 is 0 Å². The quantitative estimate of drug-likeness (QED) is 0.846. The molecule has 1 amide bonds. The predicted molar refractivity (Wildman–Crippen MR) is 85.7 cm³/mol. The molecule has 0 bridgehead atoms. The summed E-state index contributed by atoms with van der Waals surface area (Å²) in [4.78, 5) is 29.2. The molecule has 7 nitrogen and oxygen atoms in total. The summed E-state index contributed by atoms with van der Waals surface area (Å²) in [5.41, 5.74) is 1.34. The third kappa shape index (κ3) is 3.39. The molecule has 2 aromatic rings. The van der Waals surface area contributed by atoms with Crippen LogP contribution in [0.25, 0.3) is 0 Å². The van der Waals surface area contributed by atoms with E-state index in [0.29, 0.717) is 43.7 Å². The fourth-order valence-corrected chi connectivity index (χ4v) is 2.53. The van der Waals surface area contributed by atoms with Crippen molar-refractivity contribution in [2.24, 2.45) is 0 Å². The number of anilines is 1. The van der Waals surface area contributed by atoms with Crippen LogP contribution in [0.15, 0.2) is 30.5 Å². The smallest absolute Gasteiger partial charge is 0.272 e. The van der Waals surface area contributed by atoms with Crippen molar-refractivity contribution >= 4 is 11.9 Å². The van der Waals surface area contributed by atoms with Gasteiger partial charge >= 0.3 is 0 Å². The lowest BCUT2D eigenvalue weighted by Gasteiger charge is -2.34. The van der Waals surface area contributed by atoms with E-state index in [1.165, 1.54) is 0 Å². The Morgan fingerprint density at radius 2 is 1.96 bits per heavy atom. The van der Waals surface area contributed by atoms with Gasteiger partial charge < -0.3 is 14.5 Å². The molecule has 0 radical (unpaired) electrons. The maximum absolute atomic E-state index is 12.4. The lowest BCUT2D eigenvalue weighted by atomic mass is 10.2. The Balaban J connectivity index is 1.67. The molecule has 120 valence electrons. The molecule has 23 heavy (non-hydrogen) atoms. The number of pyridine rings is 1. The highest BCUT2D eigenvalue weighted by molar-refractivity contribution is 5.92. The summed E-state index contributed by atoms with van der Waals surface area (Å²) in [5.74, 6) is 1.17. The van der Waals surface area contributed by atoms with Crippen LogP contribution in [-0.2, 0) is 0 Å². The molecule has 3 rings (SSSR count). The second-order valence-corrected chi connectivity index (χ2v) is 5.35. The number of rotatable bonds is 3. The van der Waals surface area contributed by atoms with E-state index in [-0.39, 0.29) is 5.91 Å². The van der Waals surface area contributed by atoms with Gasteiger partial charge in [0.05, 0.1) is 7.11 Å². The molecule has 1 fully saturated rings. The summed E-state index contributed by atoms with van der Waals surface area (Å²) >= 11 is 0. The number of hydrogen-bond donors (Lipinski definition) is 0. The van der Waals surface area contributed by atoms with Crippen molar-refractivity contribution in [2.45, 2.75) is 6.92 Å². The second kappa shape index (κ2) is 6.60. The highest BCUT2D eigenvalue weighted by atomic mass is 16.5. The van der Waals surface area contributed by atoms with E-state index < -0.39 is 0 Å². The van der Waals surface area contributed by atoms with Crippen molar-refractivity contribution in [3.8, 4) is 5.88 Å². The zero-order valence-electron chi connectivity index (χ0n) is 13.3. The minimum absolute atomic E-state index is 0.0343. The number of piperazine rings is 1. The third-order valence-corrected chi connectivity index (χ3v) is 3.76. The van der Waals surface area contributed by atoms with Gasteiger partial charge in [-0.15, -0.1) is 0 Å². The average molecular weight is 313 g/mol. The maximum Gasteiger partial charge on any atom is 0.272 e. The molecule has 2 aromatic heterocycles. The fraction of sp³-hybridized carbons (Fsp3) is 0.375.